The normalized spacial score (nSPS) is 13.1. The van der Waals surface area contributed by atoms with Crippen LogP contribution in [0.2, 0.25) is 0 Å². The van der Waals surface area contributed by atoms with Gasteiger partial charge in [0, 0.05) is 37.1 Å². The van der Waals surface area contributed by atoms with Crippen molar-refractivity contribution in [2.75, 3.05) is 36.5 Å². The predicted octanol–water partition coefficient (Wildman–Crippen LogP) is 5.79. The van der Waals surface area contributed by atoms with Crippen LogP contribution in [-0.2, 0) is 0 Å². The van der Waals surface area contributed by atoms with E-state index < -0.39 is 0 Å². The van der Waals surface area contributed by atoms with Crippen molar-refractivity contribution in [1.82, 2.24) is 4.90 Å². The molecule has 182 valence electrons. The maximum Gasteiger partial charge on any atom is 0.176 e. The number of nitrogens with one attached hydrogen (secondary N) is 1. The third-order valence-corrected chi connectivity index (χ3v) is 6.25. The Balaban J connectivity index is 1.16. The van der Waals surface area contributed by atoms with Crippen molar-refractivity contribution in [3.8, 4) is 17.2 Å². The highest BCUT2D eigenvalue weighted by Gasteiger charge is 2.25. The van der Waals surface area contributed by atoms with Crippen molar-refractivity contribution in [3.05, 3.63) is 78.9 Å². The summed E-state index contributed by atoms with van der Waals surface area (Å²) in [5, 5.41) is 4.05. The first-order valence-electron chi connectivity index (χ1n) is 11.8. The lowest BCUT2D eigenvalue weighted by molar-refractivity contribution is 0.302. The van der Waals surface area contributed by atoms with Crippen LogP contribution in [0.3, 0.4) is 0 Å². The van der Waals surface area contributed by atoms with Gasteiger partial charge in [-0.25, -0.2) is 0 Å². The number of ether oxygens (including phenoxy) is 2. The number of benzene rings is 3. The molecule has 0 unspecified atom stereocenters. The third-order valence-electron chi connectivity index (χ3n) is 5.66. The van der Waals surface area contributed by atoms with Gasteiger partial charge in [0.25, 0.3) is 0 Å². The van der Waals surface area contributed by atoms with E-state index in [0.717, 1.165) is 72.6 Å². The molecule has 0 amide bonds. The van der Waals surface area contributed by atoms with Crippen molar-refractivity contribution in [2.45, 2.75) is 19.3 Å². The summed E-state index contributed by atoms with van der Waals surface area (Å²) in [5.41, 5.74) is 7.45. The number of unbranched alkanes of at least 4 members (excludes halogenated alkanes) is 2. The van der Waals surface area contributed by atoms with Crippen LogP contribution in [0.25, 0.3) is 0 Å². The van der Waals surface area contributed by atoms with E-state index in [4.69, 9.17) is 39.6 Å². The standard InChI is InChI=1S/C27H30N4O2S2/c28-26(34)29-21-8-7-11-25(20-21)32-19-6-2-5-16-30-17-18-31(27(30)35)22-12-14-24(15-13-22)33-23-9-3-1-4-10-23/h1,3-4,7-15,20H,2,5-6,16-19H2,(H3,28,29,34). The van der Waals surface area contributed by atoms with Crippen molar-refractivity contribution in [3.63, 3.8) is 0 Å². The van der Waals surface area contributed by atoms with Gasteiger partial charge in [0.05, 0.1) is 6.61 Å². The quantitative estimate of drug-likeness (QED) is 0.250. The van der Waals surface area contributed by atoms with E-state index in [9.17, 15) is 0 Å². The number of anilines is 2. The van der Waals surface area contributed by atoms with Gasteiger partial charge in [0.15, 0.2) is 10.2 Å². The van der Waals surface area contributed by atoms with Crippen LogP contribution in [-0.4, -0.2) is 41.4 Å². The van der Waals surface area contributed by atoms with Crippen molar-refractivity contribution in [2.24, 2.45) is 5.73 Å². The fourth-order valence-electron chi connectivity index (χ4n) is 3.93. The molecule has 0 aromatic heterocycles. The molecule has 3 aromatic rings. The number of para-hydroxylation sites is 1. The molecule has 0 spiro atoms. The molecule has 0 atom stereocenters. The highest BCUT2D eigenvalue weighted by atomic mass is 32.1. The molecular formula is C27H30N4O2S2. The van der Waals surface area contributed by atoms with Crippen LogP contribution >= 0.6 is 24.4 Å². The first-order chi connectivity index (χ1) is 17.1. The van der Waals surface area contributed by atoms with Crippen LogP contribution in [0.5, 0.6) is 17.2 Å². The zero-order valence-corrected chi connectivity index (χ0v) is 21.2. The summed E-state index contributed by atoms with van der Waals surface area (Å²) in [6.07, 6.45) is 3.14. The van der Waals surface area contributed by atoms with E-state index in [-0.39, 0.29) is 5.11 Å². The lowest BCUT2D eigenvalue weighted by Gasteiger charge is -2.22. The summed E-state index contributed by atoms with van der Waals surface area (Å²) in [7, 11) is 0. The van der Waals surface area contributed by atoms with E-state index in [0.29, 0.717) is 6.61 Å². The van der Waals surface area contributed by atoms with E-state index in [1.165, 1.54) is 0 Å². The average molecular weight is 507 g/mol. The Morgan fingerprint density at radius 2 is 1.60 bits per heavy atom. The van der Waals surface area contributed by atoms with Gasteiger partial charge in [-0.05, 0) is 92.2 Å². The Morgan fingerprint density at radius 1 is 0.857 bits per heavy atom. The monoisotopic (exact) mass is 506 g/mol. The molecule has 35 heavy (non-hydrogen) atoms. The molecule has 3 aromatic carbocycles. The maximum absolute atomic E-state index is 5.89. The Kier molecular flexibility index (Phi) is 8.75. The number of thiocarbonyl (C=S) groups is 2. The minimum absolute atomic E-state index is 0.245. The van der Waals surface area contributed by atoms with Gasteiger partial charge in [0.1, 0.15) is 17.2 Å². The summed E-state index contributed by atoms with van der Waals surface area (Å²) in [5.74, 6) is 2.45. The second-order valence-electron chi connectivity index (χ2n) is 8.26. The zero-order chi connectivity index (χ0) is 24.5. The molecule has 4 rings (SSSR count). The van der Waals surface area contributed by atoms with Gasteiger partial charge in [-0.15, -0.1) is 0 Å². The molecule has 0 radical (unpaired) electrons. The van der Waals surface area contributed by atoms with Gasteiger partial charge >= 0.3 is 0 Å². The highest BCUT2D eigenvalue weighted by Crippen LogP contribution is 2.26. The SMILES string of the molecule is NC(=S)Nc1cccc(OCCCCCN2CCN(c3ccc(Oc4ccccc4)cc3)C2=S)c1. The molecule has 8 heteroatoms. The van der Waals surface area contributed by atoms with Gasteiger partial charge in [-0.2, -0.15) is 0 Å². The van der Waals surface area contributed by atoms with Crippen LogP contribution in [0.1, 0.15) is 19.3 Å². The summed E-state index contributed by atoms with van der Waals surface area (Å²) >= 11 is 10.6. The fraction of sp³-hybridized carbons (Fsp3) is 0.259. The van der Waals surface area contributed by atoms with Crippen LogP contribution < -0.4 is 25.4 Å². The molecule has 0 saturated carbocycles. The molecule has 0 aliphatic carbocycles. The fourth-order valence-corrected chi connectivity index (χ4v) is 4.42. The van der Waals surface area contributed by atoms with Crippen molar-refractivity contribution >= 4 is 46.0 Å². The van der Waals surface area contributed by atoms with E-state index in [1.54, 1.807) is 0 Å². The molecule has 1 aliphatic heterocycles. The van der Waals surface area contributed by atoms with Gasteiger partial charge < -0.3 is 30.3 Å². The minimum atomic E-state index is 0.245. The second kappa shape index (κ2) is 12.4. The number of hydrogen-bond acceptors (Lipinski definition) is 4. The summed E-state index contributed by atoms with van der Waals surface area (Å²) in [6.45, 7) is 3.47. The minimum Gasteiger partial charge on any atom is -0.494 e. The lowest BCUT2D eigenvalue weighted by Crippen LogP contribution is -2.32. The van der Waals surface area contributed by atoms with Gasteiger partial charge in [0.2, 0.25) is 0 Å². The van der Waals surface area contributed by atoms with Crippen LogP contribution in [0, 0.1) is 0 Å². The lowest BCUT2D eigenvalue weighted by atomic mass is 10.2. The molecule has 1 fully saturated rings. The second-order valence-corrected chi connectivity index (χ2v) is 9.06. The summed E-state index contributed by atoms with van der Waals surface area (Å²) in [6, 6.07) is 25.6. The van der Waals surface area contributed by atoms with Gasteiger partial charge in [-0.3, -0.25) is 0 Å². The van der Waals surface area contributed by atoms with Crippen LogP contribution in [0.15, 0.2) is 78.9 Å². The molecule has 1 aliphatic rings. The molecule has 6 nitrogen and oxygen atoms in total. The van der Waals surface area contributed by atoms with Crippen molar-refractivity contribution in [1.29, 1.82) is 0 Å². The van der Waals surface area contributed by atoms with Crippen molar-refractivity contribution < 1.29 is 9.47 Å². The van der Waals surface area contributed by atoms with E-state index in [1.807, 2.05) is 66.7 Å². The van der Waals surface area contributed by atoms with E-state index >= 15 is 0 Å². The summed E-state index contributed by atoms with van der Waals surface area (Å²) < 4.78 is 11.8. The maximum atomic E-state index is 5.89. The molecule has 3 N–H and O–H groups in total. The molecular weight excluding hydrogens is 476 g/mol. The predicted molar refractivity (Wildman–Crippen MR) is 151 cm³/mol. The first-order valence-corrected chi connectivity index (χ1v) is 12.6. The number of hydrogen-bond donors (Lipinski definition) is 2. The molecule has 1 saturated heterocycles. The van der Waals surface area contributed by atoms with Crippen LogP contribution in [0.4, 0.5) is 11.4 Å². The number of nitrogens with zero attached hydrogens (tertiary/aromatic N) is 2. The smallest absolute Gasteiger partial charge is 0.176 e. The highest BCUT2D eigenvalue weighted by molar-refractivity contribution is 7.80. The Morgan fingerprint density at radius 3 is 2.37 bits per heavy atom. The largest absolute Gasteiger partial charge is 0.494 e. The average Bonchev–Trinajstić information content (AvgIpc) is 3.22. The third kappa shape index (κ3) is 7.31. The molecule has 1 heterocycles. The Labute approximate surface area is 217 Å². The van der Waals surface area contributed by atoms with Gasteiger partial charge in [-0.1, -0.05) is 24.3 Å². The Bertz CT molecular complexity index is 1130. The van der Waals surface area contributed by atoms with E-state index in [2.05, 4.69) is 27.2 Å². The summed E-state index contributed by atoms with van der Waals surface area (Å²) in [4.78, 5) is 4.48. The Hall–Kier alpha value is -3.36. The number of rotatable bonds is 11. The zero-order valence-electron chi connectivity index (χ0n) is 19.6. The molecule has 0 bridgehead atoms. The number of nitrogens with two attached hydrogens (primary N) is 1. The topological polar surface area (TPSA) is 63.0 Å². The first kappa shape index (κ1) is 24.8.